The third-order valence-electron chi connectivity index (χ3n) is 3.46. The van der Waals surface area contributed by atoms with Crippen molar-refractivity contribution in [3.8, 4) is 0 Å². The van der Waals surface area contributed by atoms with Crippen LogP contribution in [0.4, 0.5) is 0 Å². The lowest BCUT2D eigenvalue weighted by Crippen LogP contribution is -2.55. The van der Waals surface area contributed by atoms with Crippen molar-refractivity contribution in [2.45, 2.75) is 38.6 Å². The number of hydrogen-bond donors (Lipinski definition) is 1. The van der Waals surface area contributed by atoms with Gasteiger partial charge in [-0.2, -0.15) is 0 Å². The number of amides is 2. The third kappa shape index (κ3) is 4.35. The molecule has 1 saturated heterocycles. The van der Waals surface area contributed by atoms with Gasteiger partial charge in [0.15, 0.2) is 0 Å². The zero-order valence-corrected chi connectivity index (χ0v) is 11.9. The maximum absolute atomic E-state index is 12.4. The maximum atomic E-state index is 12.4. The van der Waals surface area contributed by atoms with Gasteiger partial charge in [0.25, 0.3) is 0 Å². The summed E-state index contributed by atoms with van der Waals surface area (Å²) >= 11 is 0. The van der Waals surface area contributed by atoms with Gasteiger partial charge in [-0.3, -0.25) is 9.59 Å². The summed E-state index contributed by atoms with van der Waals surface area (Å²) in [5, 5.41) is 2.81. The van der Waals surface area contributed by atoms with E-state index in [4.69, 9.17) is 4.74 Å². The van der Waals surface area contributed by atoms with Gasteiger partial charge in [-0.05, 0) is 19.8 Å². The van der Waals surface area contributed by atoms with E-state index < -0.39 is 5.54 Å². The fourth-order valence-electron chi connectivity index (χ4n) is 2.01. The molecule has 0 radical (unpaired) electrons. The summed E-state index contributed by atoms with van der Waals surface area (Å²) in [5.74, 6) is -0.0825. The molecule has 1 atom stereocenters. The molecule has 1 unspecified atom stereocenters. The van der Waals surface area contributed by atoms with Crippen molar-refractivity contribution in [3.63, 3.8) is 0 Å². The average Bonchev–Trinajstić information content (AvgIpc) is 2.50. The van der Waals surface area contributed by atoms with Gasteiger partial charge in [0.05, 0.1) is 13.2 Å². The lowest BCUT2D eigenvalue weighted by molar-refractivity contribution is -0.138. The third-order valence-corrected chi connectivity index (χ3v) is 3.46. The fraction of sp³-hybridized carbons (Fsp3) is 0.714. The first kappa shape index (κ1) is 15.7. The van der Waals surface area contributed by atoms with Crippen LogP contribution in [-0.4, -0.2) is 48.6 Å². The molecule has 19 heavy (non-hydrogen) atoms. The van der Waals surface area contributed by atoms with Crippen LogP contribution in [0.25, 0.3) is 0 Å². The molecular formula is C14H24N2O3. The van der Waals surface area contributed by atoms with Crippen molar-refractivity contribution >= 4 is 11.8 Å². The average molecular weight is 268 g/mol. The molecule has 1 N–H and O–H groups in total. The van der Waals surface area contributed by atoms with E-state index in [0.717, 1.165) is 6.42 Å². The van der Waals surface area contributed by atoms with Crippen molar-refractivity contribution in [3.05, 3.63) is 12.7 Å². The van der Waals surface area contributed by atoms with Crippen molar-refractivity contribution < 1.29 is 14.3 Å². The largest absolute Gasteiger partial charge is 0.379 e. The van der Waals surface area contributed by atoms with Crippen LogP contribution in [0.15, 0.2) is 12.7 Å². The van der Waals surface area contributed by atoms with Crippen molar-refractivity contribution in [2.75, 3.05) is 26.3 Å². The Morgan fingerprint density at radius 2 is 2.21 bits per heavy atom. The van der Waals surface area contributed by atoms with Crippen LogP contribution in [0.3, 0.4) is 0 Å². The molecule has 1 aliphatic rings. The highest BCUT2D eigenvalue weighted by Gasteiger charge is 2.38. The molecule has 1 heterocycles. The van der Waals surface area contributed by atoms with Crippen molar-refractivity contribution in [1.29, 1.82) is 0 Å². The molecule has 5 heteroatoms. The summed E-state index contributed by atoms with van der Waals surface area (Å²) in [6.07, 6.45) is 3.55. The van der Waals surface area contributed by atoms with E-state index >= 15 is 0 Å². The molecule has 0 aromatic rings. The maximum Gasteiger partial charge on any atom is 0.248 e. The van der Waals surface area contributed by atoms with Crippen LogP contribution in [0.5, 0.6) is 0 Å². The van der Waals surface area contributed by atoms with Crippen LogP contribution >= 0.6 is 0 Å². The second-order valence-corrected chi connectivity index (χ2v) is 4.97. The molecule has 2 amide bonds. The summed E-state index contributed by atoms with van der Waals surface area (Å²) in [4.78, 5) is 25.8. The van der Waals surface area contributed by atoms with Gasteiger partial charge >= 0.3 is 0 Å². The van der Waals surface area contributed by atoms with Crippen molar-refractivity contribution in [2.24, 2.45) is 0 Å². The van der Waals surface area contributed by atoms with Crippen LogP contribution in [-0.2, 0) is 14.3 Å². The normalized spacial score (nSPS) is 24.0. The Bertz CT molecular complexity index is 344. The summed E-state index contributed by atoms with van der Waals surface area (Å²) in [6.45, 7) is 9.41. The zero-order chi connectivity index (χ0) is 14.3. The molecule has 0 spiro atoms. The molecular weight excluding hydrogens is 244 g/mol. The lowest BCUT2D eigenvalue weighted by Gasteiger charge is -2.31. The molecule has 0 bridgehead atoms. The minimum absolute atomic E-state index is 0.0202. The lowest BCUT2D eigenvalue weighted by atomic mass is 9.97. The standard InChI is InChI=1S/C14H24N2O3/c1-4-6-10-19-11-9-16-8-7-12(17)15-14(3,5-2)13(16)18/h4H,1,5-11H2,2-3H3,(H,15,17). The van der Waals surface area contributed by atoms with Crippen molar-refractivity contribution in [1.82, 2.24) is 10.2 Å². The topological polar surface area (TPSA) is 58.6 Å². The summed E-state index contributed by atoms with van der Waals surface area (Å²) in [5.41, 5.74) is -0.783. The Morgan fingerprint density at radius 1 is 1.47 bits per heavy atom. The minimum Gasteiger partial charge on any atom is -0.379 e. The van der Waals surface area contributed by atoms with Crippen LogP contribution in [0.2, 0.25) is 0 Å². The predicted octanol–water partition coefficient (Wildman–Crippen LogP) is 1.10. The molecule has 108 valence electrons. The Morgan fingerprint density at radius 3 is 2.84 bits per heavy atom. The molecule has 0 saturated carbocycles. The van der Waals surface area contributed by atoms with Gasteiger partial charge in [0.2, 0.25) is 11.8 Å². The van der Waals surface area contributed by atoms with E-state index in [-0.39, 0.29) is 11.8 Å². The Labute approximate surface area is 115 Å². The smallest absolute Gasteiger partial charge is 0.248 e. The van der Waals surface area contributed by atoms with E-state index in [0.29, 0.717) is 39.1 Å². The number of nitrogens with zero attached hydrogens (tertiary/aromatic N) is 1. The second kappa shape index (κ2) is 7.28. The number of carbonyl (C=O) groups excluding carboxylic acids is 2. The quantitative estimate of drug-likeness (QED) is 0.555. The van der Waals surface area contributed by atoms with E-state index in [1.807, 2.05) is 6.92 Å². The summed E-state index contributed by atoms with van der Waals surface area (Å²) < 4.78 is 5.42. The summed E-state index contributed by atoms with van der Waals surface area (Å²) in [6, 6.07) is 0. The highest BCUT2D eigenvalue weighted by Crippen LogP contribution is 2.17. The molecule has 5 nitrogen and oxygen atoms in total. The molecule has 0 aromatic heterocycles. The van der Waals surface area contributed by atoms with Gasteiger partial charge in [-0.15, -0.1) is 6.58 Å². The number of hydrogen-bond acceptors (Lipinski definition) is 3. The van der Waals surface area contributed by atoms with E-state index in [1.54, 1.807) is 17.9 Å². The van der Waals surface area contributed by atoms with E-state index in [9.17, 15) is 9.59 Å². The van der Waals surface area contributed by atoms with Gasteiger partial charge in [-0.25, -0.2) is 0 Å². The Kier molecular flexibility index (Phi) is 6.02. The number of rotatable bonds is 7. The van der Waals surface area contributed by atoms with Gasteiger partial charge in [-0.1, -0.05) is 13.0 Å². The van der Waals surface area contributed by atoms with Crippen LogP contribution in [0.1, 0.15) is 33.1 Å². The molecule has 1 aliphatic heterocycles. The van der Waals surface area contributed by atoms with Gasteiger partial charge in [0, 0.05) is 19.5 Å². The molecule has 1 fully saturated rings. The monoisotopic (exact) mass is 268 g/mol. The number of nitrogens with one attached hydrogen (secondary N) is 1. The predicted molar refractivity (Wildman–Crippen MR) is 73.7 cm³/mol. The van der Waals surface area contributed by atoms with E-state index in [1.165, 1.54) is 0 Å². The zero-order valence-electron chi connectivity index (χ0n) is 11.9. The van der Waals surface area contributed by atoms with E-state index in [2.05, 4.69) is 11.9 Å². The fourth-order valence-corrected chi connectivity index (χ4v) is 2.01. The highest BCUT2D eigenvalue weighted by atomic mass is 16.5. The summed E-state index contributed by atoms with van der Waals surface area (Å²) in [7, 11) is 0. The molecule has 0 aromatic carbocycles. The Hall–Kier alpha value is -1.36. The Balaban J connectivity index is 2.54. The first-order valence-corrected chi connectivity index (χ1v) is 6.82. The van der Waals surface area contributed by atoms with Gasteiger partial charge < -0.3 is 15.0 Å². The first-order valence-electron chi connectivity index (χ1n) is 6.82. The number of carbonyl (C=O) groups is 2. The number of ether oxygens (including phenoxy) is 1. The van der Waals surface area contributed by atoms with Crippen LogP contribution < -0.4 is 5.32 Å². The van der Waals surface area contributed by atoms with Gasteiger partial charge in [0.1, 0.15) is 5.54 Å². The first-order chi connectivity index (χ1) is 9.03. The van der Waals surface area contributed by atoms with Crippen LogP contribution in [0, 0.1) is 0 Å². The highest BCUT2D eigenvalue weighted by molar-refractivity contribution is 5.93. The molecule has 0 aliphatic carbocycles. The molecule has 1 rings (SSSR count). The SMILES string of the molecule is C=CCCOCCN1CCC(=O)NC(C)(CC)C1=O. The second-order valence-electron chi connectivity index (χ2n) is 4.97. The minimum atomic E-state index is -0.783.